The van der Waals surface area contributed by atoms with E-state index < -0.39 is 0 Å². The van der Waals surface area contributed by atoms with E-state index in [4.69, 9.17) is 0 Å². The van der Waals surface area contributed by atoms with Crippen LogP contribution in [0.4, 0.5) is 10.2 Å². The second-order valence-corrected chi connectivity index (χ2v) is 6.25. The fourth-order valence-corrected chi connectivity index (χ4v) is 3.32. The molecule has 1 aromatic carbocycles. The maximum absolute atomic E-state index is 13.0. The van der Waals surface area contributed by atoms with Crippen LogP contribution >= 0.6 is 11.8 Å². The largest absolute Gasteiger partial charge is 0.287 e. The zero-order valence-corrected chi connectivity index (χ0v) is 14.2. The van der Waals surface area contributed by atoms with Crippen molar-refractivity contribution >= 4 is 34.7 Å². The molecular formula is C18H16FN3OS. The van der Waals surface area contributed by atoms with Crippen LogP contribution in [-0.2, 0) is 4.79 Å². The van der Waals surface area contributed by atoms with Gasteiger partial charge in [-0.3, -0.25) is 9.69 Å². The van der Waals surface area contributed by atoms with Crippen molar-refractivity contribution in [2.24, 2.45) is 4.99 Å². The molecule has 0 spiro atoms. The van der Waals surface area contributed by atoms with Crippen LogP contribution < -0.4 is 0 Å². The Balaban J connectivity index is 1.92. The molecule has 4 nitrogen and oxygen atoms in total. The summed E-state index contributed by atoms with van der Waals surface area (Å²) in [6, 6.07) is 11.6. The highest BCUT2D eigenvalue weighted by molar-refractivity contribution is 8.18. The minimum atomic E-state index is -0.300. The first-order valence-electron chi connectivity index (χ1n) is 7.56. The van der Waals surface area contributed by atoms with Gasteiger partial charge in [-0.2, -0.15) is 0 Å². The molecule has 1 fully saturated rings. The van der Waals surface area contributed by atoms with E-state index in [1.165, 1.54) is 23.9 Å². The van der Waals surface area contributed by atoms with Crippen LogP contribution in [0.1, 0.15) is 18.2 Å². The molecule has 1 amide bonds. The Morgan fingerprint density at radius 2 is 2.00 bits per heavy atom. The van der Waals surface area contributed by atoms with Gasteiger partial charge in [0.15, 0.2) is 11.0 Å². The molecule has 24 heavy (non-hydrogen) atoms. The van der Waals surface area contributed by atoms with Crippen molar-refractivity contribution in [3.8, 4) is 0 Å². The van der Waals surface area contributed by atoms with E-state index in [9.17, 15) is 9.18 Å². The number of aromatic nitrogens is 1. The Bertz CT molecular complexity index is 830. The van der Waals surface area contributed by atoms with Crippen molar-refractivity contribution in [1.29, 1.82) is 0 Å². The molecule has 0 atom stereocenters. The Labute approximate surface area is 144 Å². The molecule has 2 aromatic rings. The quantitative estimate of drug-likeness (QED) is 0.788. The average molecular weight is 341 g/mol. The highest BCUT2D eigenvalue weighted by atomic mass is 32.2. The van der Waals surface area contributed by atoms with Gasteiger partial charge in [0.2, 0.25) is 0 Å². The summed E-state index contributed by atoms with van der Waals surface area (Å²) in [6.07, 6.45) is 1.75. The second-order valence-electron chi connectivity index (χ2n) is 5.24. The van der Waals surface area contributed by atoms with Crippen LogP contribution in [0.3, 0.4) is 0 Å². The van der Waals surface area contributed by atoms with Crippen molar-refractivity contribution < 1.29 is 9.18 Å². The molecule has 0 unspecified atom stereocenters. The third kappa shape index (κ3) is 3.54. The van der Waals surface area contributed by atoms with Gasteiger partial charge >= 0.3 is 0 Å². The van der Waals surface area contributed by atoms with Crippen molar-refractivity contribution in [2.75, 3.05) is 6.54 Å². The molecule has 0 radical (unpaired) electrons. The van der Waals surface area contributed by atoms with E-state index in [0.717, 1.165) is 11.3 Å². The zero-order valence-electron chi connectivity index (χ0n) is 13.4. The summed E-state index contributed by atoms with van der Waals surface area (Å²) in [5.41, 5.74) is 1.65. The van der Waals surface area contributed by atoms with Gasteiger partial charge in [0.05, 0.1) is 4.91 Å². The van der Waals surface area contributed by atoms with E-state index in [2.05, 4.69) is 9.98 Å². The fourth-order valence-electron chi connectivity index (χ4n) is 2.27. The SMILES string of the molecule is CCN1C(=O)/C(=C/c2ccc(F)cc2)S/C1=N/c1cccc(C)n1. The van der Waals surface area contributed by atoms with Crippen LogP contribution in [-0.4, -0.2) is 27.5 Å². The van der Waals surface area contributed by atoms with E-state index in [1.54, 1.807) is 29.2 Å². The summed E-state index contributed by atoms with van der Waals surface area (Å²) >= 11 is 1.30. The number of aliphatic imine (C=N–C) groups is 1. The van der Waals surface area contributed by atoms with Crippen molar-refractivity contribution in [3.63, 3.8) is 0 Å². The summed E-state index contributed by atoms with van der Waals surface area (Å²) < 4.78 is 13.0. The number of amides is 1. The number of benzene rings is 1. The lowest BCUT2D eigenvalue weighted by molar-refractivity contribution is -0.122. The van der Waals surface area contributed by atoms with Gasteiger partial charge < -0.3 is 0 Å². The van der Waals surface area contributed by atoms with E-state index in [-0.39, 0.29) is 11.7 Å². The number of rotatable bonds is 3. The first-order valence-corrected chi connectivity index (χ1v) is 8.38. The van der Waals surface area contributed by atoms with Gasteiger partial charge in [-0.25, -0.2) is 14.4 Å². The van der Waals surface area contributed by atoms with Gasteiger partial charge in [0, 0.05) is 12.2 Å². The first kappa shape index (κ1) is 16.4. The standard InChI is InChI=1S/C18H16FN3OS/c1-3-22-17(23)15(11-13-7-9-14(19)10-8-13)24-18(22)21-16-6-4-5-12(2)20-16/h4-11H,3H2,1-2H3/b15-11-,21-18+. The molecule has 6 heteroatoms. The minimum absolute atomic E-state index is 0.0989. The third-order valence-electron chi connectivity index (χ3n) is 3.46. The smallest absolute Gasteiger partial charge is 0.266 e. The molecule has 122 valence electrons. The number of hydrogen-bond donors (Lipinski definition) is 0. The van der Waals surface area contributed by atoms with E-state index >= 15 is 0 Å². The summed E-state index contributed by atoms with van der Waals surface area (Å²) in [6.45, 7) is 4.32. The number of nitrogens with zero attached hydrogens (tertiary/aromatic N) is 3. The number of hydrogen-bond acceptors (Lipinski definition) is 4. The van der Waals surface area contributed by atoms with Crippen LogP contribution in [0.2, 0.25) is 0 Å². The maximum atomic E-state index is 13.0. The van der Waals surface area contributed by atoms with Crippen LogP contribution in [0.15, 0.2) is 52.4 Å². The van der Waals surface area contributed by atoms with Gasteiger partial charge in [-0.1, -0.05) is 18.2 Å². The number of likely N-dealkylation sites (N-methyl/N-ethyl adjacent to an activating group) is 1. The Morgan fingerprint density at radius 3 is 2.67 bits per heavy atom. The summed E-state index contributed by atoms with van der Waals surface area (Å²) in [4.78, 5) is 23.6. The van der Waals surface area contributed by atoms with Crippen molar-refractivity contribution in [1.82, 2.24) is 9.88 Å². The molecule has 1 saturated heterocycles. The lowest BCUT2D eigenvalue weighted by Crippen LogP contribution is -2.28. The predicted molar refractivity (Wildman–Crippen MR) is 95.4 cm³/mol. The predicted octanol–water partition coefficient (Wildman–Crippen LogP) is 4.15. The topological polar surface area (TPSA) is 45.6 Å². The number of aryl methyl sites for hydroxylation is 1. The lowest BCUT2D eigenvalue weighted by atomic mass is 10.2. The van der Waals surface area contributed by atoms with E-state index in [0.29, 0.717) is 22.4 Å². The van der Waals surface area contributed by atoms with Gasteiger partial charge in [-0.15, -0.1) is 0 Å². The maximum Gasteiger partial charge on any atom is 0.266 e. The van der Waals surface area contributed by atoms with Crippen LogP contribution in [0.25, 0.3) is 6.08 Å². The summed E-state index contributed by atoms with van der Waals surface area (Å²) in [5, 5.41) is 0.606. The molecule has 0 aliphatic carbocycles. The molecule has 0 saturated carbocycles. The van der Waals surface area contributed by atoms with Crippen molar-refractivity contribution in [3.05, 3.63) is 64.4 Å². The molecule has 1 aromatic heterocycles. The Kier molecular flexibility index (Phi) is 4.76. The van der Waals surface area contributed by atoms with Gasteiger partial charge in [0.1, 0.15) is 5.82 Å². The van der Waals surface area contributed by atoms with Crippen LogP contribution in [0, 0.1) is 12.7 Å². The number of carbonyl (C=O) groups excluding carboxylic acids is 1. The van der Waals surface area contributed by atoms with Crippen LogP contribution in [0.5, 0.6) is 0 Å². The molecule has 3 rings (SSSR count). The molecule has 0 bridgehead atoms. The average Bonchev–Trinajstić information content (AvgIpc) is 2.84. The number of thioether (sulfide) groups is 1. The summed E-state index contributed by atoms with van der Waals surface area (Å²) in [7, 11) is 0. The third-order valence-corrected chi connectivity index (χ3v) is 4.46. The van der Waals surface area contributed by atoms with Gasteiger partial charge in [0.25, 0.3) is 5.91 Å². The van der Waals surface area contributed by atoms with E-state index in [1.807, 2.05) is 26.0 Å². The molecule has 0 N–H and O–H groups in total. The lowest BCUT2D eigenvalue weighted by Gasteiger charge is -2.11. The first-order chi connectivity index (χ1) is 11.6. The summed E-state index contributed by atoms with van der Waals surface area (Å²) in [5.74, 6) is 0.176. The molecule has 1 aliphatic heterocycles. The molecule has 1 aliphatic rings. The zero-order chi connectivity index (χ0) is 17.1. The highest BCUT2D eigenvalue weighted by Crippen LogP contribution is 2.33. The molecule has 2 heterocycles. The second kappa shape index (κ2) is 6.97. The normalized spacial score (nSPS) is 18.0. The minimum Gasteiger partial charge on any atom is -0.287 e. The molecular weight excluding hydrogens is 325 g/mol. The Hall–Kier alpha value is -2.47. The number of carbonyl (C=O) groups is 1. The number of halogens is 1. The van der Waals surface area contributed by atoms with Gasteiger partial charge in [-0.05, 0) is 61.5 Å². The number of pyridine rings is 1. The van der Waals surface area contributed by atoms with Crippen molar-refractivity contribution in [2.45, 2.75) is 13.8 Å². The fraction of sp³-hybridized carbons (Fsp3) is 0.167. The highest BCUT2D eigenvalue weighted by Gasteiger charge is 2.32. The number of amidine groups is 1. The Morgan fingerprint density at radius 1 is 1.25 bits per heavy atom. The monoisotopic (exact) mass is 341 g/mol.